The Balaban J connectivity index is 2.39. The summed E-state index contributed by atoms with van der Waals surface area (Å²) in [5, 5.41) is 0. The van der Waals surface area contributed by atoms with Crippen LogP contribution < -0.4 is 5.43 Å². The van der Waals surface area contributed by atoms with Gasteiger partial charge in [0.15, 0.2) is 0 Å². The molecule has 0 aromatic heterocycles. The van der Waals surface area contributed by atoms with Crippen molar-refractivity contribution in [3.8, 4) is 0 Å². The molecule has 0 radical (unpaired) electrons. The van der Waals surface area contributed by atoms with Crippen LogP contribution in [0.4, 0.5) is 0 Å². The molecule has 2 rings (SSSR count). The molecule has 2 fully saturated rings. The largest absolute Gasteiger partial charge is 0.299 e. The first-order chi connectivity index (χ1) is 7.96. The Morgan fingerprint density at radius 2 is 1.72 bits per heavy atom. The van der Waals surface area contributed by atoms with Crippen LogP contribution in [0.15, 0.2) is 0 Å². The molecule has 2 unspecified atom stereocenters. The van der Waals surface area contributed by atoms with E-state index < -0.39 is 5.41 Å². The van der Waals surface area contributed by atoms with Crippen LogP contribution in [-0.2, 0) is 9.59 Å². The minimum Gasteiger partial charge on any atom is -0.299 e. The number of carbonyl (C=O) groups is 2. The molecular weight excluding hydrogens is 228 g/mol. The molecule has 1 amide bonds. The van der Waals surface area contributed by atoms with Crippen LogP contribution in [0, 0.1) is 16.2 Å². The van der Waals surface area contributed by atoms with Gasteiger partial charge in [0.05, 0.1) is 26.6 Å². The highest BCUT2D eigenvalue weighted by Gasteiger charge is 2.73. The molecule has 2 atom stereocenters. The lowest BCUT2D eigenvalue weighted by atomic mass is 9.64. The van der Waals surface area contributed by atoms with E-state index in [9.17, 15) is 9.59 Å². The van der Waals surface area contributed by atoms with E-state index in [0.717, 1.165) is 12.8 Å². The molecule has 2 saturated carbocycles. The van der Waals surface area contributed by atoms with E-state index in [4.69, 9.17) is 0 Å². The molecule has 0 spiro atoms. The first-order valence-corrected chi connectivity index (χ1v) is 6.64. The molecule has 102 valence electrons. The molecule has 2 bridgehead atoms. The monoisotopic (exact) mass is 253 g/mol. The third kappa shape index (κ3) is 1.41. The fourth-order valence-electron chi connectivity index (χ4n) is 3.77. The van der Waals surface area contributed by atoms with Gasteiger partial charge in [-0.1, -0.05) is 20.8 Å². The molecule has 0 aliphatic heterocycles. The van der Waals surface area contributed by atoms with E-state index in [1.165, 1.54) is 0 Å². The number of Topliss-reactive ketones (excluding diaryl/α,β-unsaturated/α-hetero) is 1. The molecule has 0 aromatic rings. The first kappa shape index (κ1) is 13.5. The van der Waals surface area contributed by atoms with Crippen molar-refractivity contribution < 1.29 is 14.2 Å². The number of hydrogen-bond acceptors (Lipinski definition) is 2. The third-order valence-electron chi connectivity index (χ3n) is 5.58. The van der Waals surface area contributed by atoms with Gasteiger partial charge in [0.1, 0.15) is 5.78 Å². The summed E-state index contributed by atoms with van der Waals surface area (Å²) in [6.45, 7) is 6.20. The number of quaternary nitrogens is 1. The predicted molar refractivity (Wildman–Crippen MR) is 69.4 cm³/mol. The Morgan fingerprint density at radius 3 is 2.06 bits per heavy atom. The van der Waals surface area contributed by atoms with Crippen LogP contribution >= 0.6 is 0 Å². The molecular formula is C14H25N2O2+. The Labute approximate surface area is 109 Å². The van der Waals surface area contributed by atoms with Crippen LogP contribution in [0.2, 0.25) is 0 Å². The maximum absolute atomic E-state index is 12.7. The second-order valence-electron chi connectivity index (χ2n) is 7.59. The van der Waals surface area contributed by atoms with Crippen LogP contribution in [0.1, 0.15) is 40.0 Å². The Morgan fingerprint density at radius 1 is 1.17 bits per heavy atom. The van der Waals surface area contributed by atoms with E-state index in [0.29, 0.717) is 11.0 Å². The predicted octanol–water partition coefficient (Wildman–Crippen LogP) is 1.51. The zero-order chi connectivity index (χ0) is 14.0. The molecule has 2 aliphatic carbocycles. The van der Waals surface area contributed by atoms with Gasteiger partial charge in [0.25, 0.3) is 5.91 Å². The van der Waals surface area contributed by atoms with Gasteiger partial charge in [0, 0.05) is 11.8 Å². The molecule has 2 aliphatic rings. The molecule has 0 saturated heterocycles. The number of rotatable bonds is 2. The van der Waals surface area contributed by atoms with Gasteiger partial charge in [-0.15, -0.1) is 0 Å². The summed E-state index contributed by atoms with van der Waals surface area (Å²) in [6, 6.07) is 0. The highest BCUT2D eigenvalue weighted by Crippen LogP contribution is 2.70. The van der Waals surface area contributed by atoms with Gasteiger partial charge in [0.2, 0.25) is 0 Å². The summed E-state index contributed by atoms with van der Waals surface area (Å²) in [5.74, 6) is 0.296. The van der Waals surface area contributed by atoms with E-state index >= 15 is 0 Å². The van der Waals surface area contributed by atoms with Crippen molar-refractivity contribution >= 4 is 11.7 Å². The third-order valence-corrected chi connectivity index (χ3v) is 5.58. The van der Waals surface area contributed by atoms with Crippen molar-refractivity contribution in [2.45, 2.75) is 40.0 Å². The number of fused-ring (bicyclic) bond motifs is 2. The van der Waals surface area contributed by atoms with Crippen LogP contribution in [0.5, 0.6) is 0 Å². The second kappa shape index (κ2) is 3.35. The summed E-state index contributed by atoms with van der Waals surface area (Å²) in [4.78, 5) is 24.9. The summed E-state index contributed by atoms with van der Waals surface area (Å²) in [7, 11) is 5.77. The quantitative estimate of drug-likeness (QED) is 0.599. The van der Waals surface area contributed by atoms with Crippen molar-refractivity contribution in [3.05, 3.63) is 0 Å². The van der Waals surface area contributed by atoms with Gasteiger partial charge >= 0.3 is 0 Å². The number of amides is 1. The number of ketones is 1. The number of hydrogen-bond donors (Lipinski definition) is 1. The van der Waals surface area contributed by atoms with Crippen LogP contribution in [0.25, 0.3) is 0 Å². The topological polar surface area (TPSA) is 46.2 Å². The summed E-state index contributed by atoms with van der Waals surface area (Å²) < 4.78 is 0.390. The number of carbonyl (C=O) groups excluding carboxylic acids is 2. The zero-order valence-electron chi connectivity index (χ0n) is 12.4. The number of nitrogens with one attached hydrogen (secondary N) is 1. The van der Waals surface area contributed by atoms with Gasteiger partial charge in [-0.3, -0.25) is 9.59 Å². The van der Waals surface area contributed by atoms with Gasteiger partial charge in [-0.2, -0.15) is 0 Å². The molecule has 1 N–H and O–H groups in total. The lowest BCUT2D eigenvalue weighted by Gasteiger charge is -2.39. The maximum atomic E-state index is 12.7. The summed E-state index contributed by atoms with van der Waals surface area (Å²) >= 11 is 0. The molecule has 4 heteroatoms. The second-order valence-corrected chi connectivity index (χ2v) is 7.59. The van der Waals surface area contributed by atoms with Crippen molar-refractivity contribution in [2.24, 2.45) is 16.2 Å². The van der Waals surface area contributed by atoms with Crippen molar-refractivity contribution in [3.63, 3.8) is 0 Å². The SMILES string of the molecule is CC12CCC(C(=O)N[N+](C)(C)C)(CC1=O)C2(C)C. The van der Waals surface area contributed by atoms with Crippen molar-refractivity contribution in [1.82, 2.24) is 5.43 Å². The average Bonchev–Trinajstić information content (AvgIpc) is 2.45. The van der Waals surface area contributed by atoms with E-state index in [1.807, 2.05) is 28.1 Å². The van der Waals surface area contributed by atoms with Gasteiger partial charge in [-0.25, -0.2) is 10.0 Å². The van der Waals surface area contributed by atoms with Crippen molar-refractivity contribution in [2.75, 3.05) is 21.1 Å². The van der Waals surface area contributed by atoms with Crippen LogP contribution in [-0.4, -0.2) is 37.4 Å². The number of nitrogens with zero attached hydrogens (tertiary/aromatic N) is 1. The Bertz CT molecular complexity index is 422. The van der Waals surface area contributed by atoms with Gasteiger partial charge in [-0.05, 0) is 18.3 Å². The minimum atomic E-state index is -0.510. The average molecular weight is 253 g/mol. The van der Waals surface area contributed by atoms with Crippen molar-refractivity contribution in [1.29, 1.82) is 0 Å². The standard InChI is InChI=1S/C14H24N2O2/c1-12(2)13(3)7-8-14(12,9-10(13)17)11(18)15-16(4,5)6/h7-9H2,1-6H3/p+1. The summed E-state index contributed by atoms with van der Waals surface area (Å²) in [5.41, 5.74) is 1.93. The highest BCUT2D eigenvalue weighted by molar-refractivity contribution is 5.99. The normalized spacial score (nSPS) is 38.0. The maximum Gasteiger partial charge on any atom is 0.272 e. The van der Waals surface area contributed by atoms with Gasteiger partial charge < -0.3 is 0 Å². The van der Waals surface area contributed by atoms with E-state index in [1.54, 1.807) is 0 Å². The smallest absolute Gasteiger partial charge is 0.272 e. The highest BCUT2D eigenvalue weighted by atomic mass is 16.2. The van der Waals surface area contributed by atoms with E-state index in [2.05, 4.69) is 19.3 Å². The summed E-state index contributed by atoms with van der Waals surface area (Å²) in [6.07, 6.45) is 2.07. The molecule has 4 nitrogen and oxygen atoms in total. The fourth-order valence-corrected chi connectivity index (χ4v) is 3.77. The fraction of sp³-hybridized carbons (Fsp3) is 0.857. The Kier molecular flexibility index (Phi) is 2.52. The Hall–Kier alpha value is -0.900. The molecule has 0 aromatic carbocycles. The first-order valence-electron chi connectivity index (χ1n) is 6.64. The van der Waals surface area contributed by atoms with Crippen LogP contribution in [0.3, 0.4) is 0 Å². The molecule has 18 heavy (non-hydrogen) atoms. The molecule has 0 heterocycles. The minimum absolute atomic E-state index is 0.0366. The lowest BCUT2D eigenvalue weighted by molar-refractivity contribution is -0.906. The van der Waals surface area contributed by atoms with E-state index in [-0.39, 0.29) is 22.5 Å². The lowest BCUT2D eigenvalue weighted by Crippen LogP contribution is -2.57. The zero-order valence-corrected chi connectivity index (χ0v) is 12.4.